The van der Waals surface area contributed by atoms with E-state index in [2.05, 4.69) is 42.3 Å². The van der Waals surface area contributed by atoms with E-state index >= 15 is 0 Å². The van der Waals surface area contributed by atoms with E-state index in [1.165, 1.54) is 7.11 Å². The number of benzene rings is 1. The van der Waals surface area contributed by atoms with Crippen LogP contribution >= 0.6 is 31.9 Å². The van der Waals surface area contributed by atoms with Gasteiger partial charge in [0.05, 0.1) is 18.0 Å². The van der Waals surface area contributed by atoms with Gasteiger partial charge in [-0.25, -0.2) is 0 Å². The van der Waals surface area contributed by atoms with Gasteiger partial charge in [-0.15, -0.1) is 0 Å². The van der Waals surface area contributed by atoms with Gasteiger partial charge in [0.25, 0.3) is 5.91 Å². The Morgan fingerprint density at radius 1 is 1.36 bits per heavy atom. The van der Waals surface area contributed by atoms with Crippen LogP contribution in [0, 0.1) is 0 Å². The van der Waals surface area contributed by atoms with Gasteiger partial charge >= 0.3 is 0 Å². The lowest BCUT2D eigenvalue weighted by atomic mass is 9.88. The van der Waals surface area contributed by atoms with Crippen LogP contribution in [0.25, 0.3) is 0 Å². The number of methoxy groups -OCH3 is 1. The predicted octanol–water partition coefficient (Wildman–Crippen LogP) is 2.93. The Kier molecular flexibility index (Phi) is 5.10. The van der Waals surface area contributed by atoms with Gasteiger partial charge in [0.15, 0.2) is 5.76 Å². The van der Waals surface area contributed by atoms with E-state index in [1.54, 1.807) is 6.08 Å². The van der Waals surface area contributed by atoms with Gasteiger partial charge in [-0.3, -0.25) is 9.59 Å². The number of Topliss-reactive ketones (excluding diaryl/α,β-unsaturated/α-hetero) is 1. The fourth-order valence-corrected chi connectivity index (χ4v) is 4.27. The normalized spacial score (nSPS) is 22.4. The van der Waals surface area contributed by atoms with Crippen LogP contribution in [0.4, 0.5) is 0 Å². The van der Waals surface area contributed by atoms with E-state index in [9.17, 15) is 9.59 Å². The van der Waals surface area contributed by atoms with Crippen molar-refractivity contribution in [1.82, 2.24) is 5.32 Å². The van der Waals surface area contributed by atoms with Gasteiger partial charge in [-0.05, 0) is 43.5 Å². The Balaban J connectivity index is 1.70. The molecule has 1 heterocycles. The lowest BCUT2D eigenvalue weighted by molar-refractivity contribution is -0.131. The maximum absolute atomic E-state index is 12.6. The molecule has 0 saturated heterocycles. The SMILES string of the molecule is COC1=C(Br)C(=O)C2(C=C1Br)CC(C(=O)NCc1ccccc1)=NO2. The van der Waals surface area contributed by atoms with Crippen molar-refractivity contribution in [1.29, 1.82) is 0 Å². The number of ketones is 1. The quantitative estimate of drug-likeness (QED) is 0.735. The molecular formula is C17H14Br2N2O4. The molecule has 0 bridgehead atoms. The van der Waals surface area contributed by atoms with Crippen LogP contribution in [-0.2, 0) is 25.7 Å². The Hall–Kier alpha value is -1.93. The van der Waals surface area contributed by atoms with Gasteiger partial charge in [0.2, 0.25) is 11.4 Å². The Morgan fingerprint density at radius 3 is 2.76 bits per heavy atom. The standard InChI is InChI=1S/C17H14Br2N2O4/c1-24-14-11(18)7-17(15(22)13(14)19)8-12(21-25-17)16(23)20-9-10-5-3-2-4-6-10/h2-7H,8-9H2,1H3,(H,20,23). The number of ether oxygens (including phenoxy) is 1. The lowest BCUT2D eigenvalue weighted by Gasteiger charge is -2.26. The molecule has 1 spiro atoms. The number of rotatable bonds is 4. The molecule has 1 aromatic carbocycles. The second-order valence-corrected chi connectivity index (χ2v) is 7.18. The molecule has 8 heteroatoms. The summed E-state index contributed by atoms with van der Waals surface area (Å²) in [5.41, 5.74) is -0.196. The summed E-state index contributed by atoms with van der Waals surface area (Å²) >= 11 is 6.58. The molecule has 1 unspecified atom stereocenters. The zero-order valence-electron chi connectivity index (χ0n) is 13.2. The minimum Gasteiger partial charge on any atom is -0.494 e. The number of amides is 1. The summed E-state index contributed by atoms with van der Waals surface area (Å²) in [4.78, 5) is 30.3. The van der Waals surface area contributed by atoms with Crippen LogP contribution in [0.3, 0.4) is 0 Å². The Bertz CT molecular complexity index is 817. The number of carbonyl (C=O) groups is 2. The average molecular weight is 470 g/mol. The van der Waals surface area contributed by atoms with Crippen molar-refractivity contribution in [3.8, 4) is 0 Å². The van der Waals surface area contributed by atoms with E-state index in [4.69, 9.17) is 9.57 Å². The third-order valence-electron chi connectivity index (χ3n) is 3.87. The molecule has 6 nitrogen and oxygen atoms in total. The number of hydrogen-bond donors (Lipinski definition) is 1. The summed E-state index contributed by atoms with van der Waals surface area (Å²) in [7, 11) is 1.46. The van der Waals surface area contributed by atoms with Gasteiger partial charge in [0, 0.05) is 6.54 Å². The van der Waals surface area contributed by atoms with Crippen molar-refractivity contribution in [2.24, 2.45) is 5.16 Å². The monoisotopic (exact) mass is 468 g/mol. The first-order chi connectivity index (χ1) is 12.0. The van der Waals surface area contributed by atoms with E-state index < -0.39 is 5.60 Å². The molecule has 25 heavy (non-hydrogen) atoms. The van der Waals surface area contributed by atoms with Crippen LogP contribution in [0.15, 0.2) is 56.3 Å². The summed E-state index contributed by atoms with van der Waals surface area (Å²) in [5, 5.41) is 6.61. The molecule has 1 aromatic rings. The molecule has 1 amide bonds. The smallest absolute Gasteiger partial charge is 0.269 e. The highest BCUT2D eigenvalue weighted by molar-refractivity contribution is 9.12. The zero-order chi connectivity index (χ0) is 18.0. The highest BCUT2D eigenvalue weighted by Gasteiger charge is 2.50. The summed E-state index contributed by atoms with van der Waals surface area (Å²) in [6.07, 6.45) is 1.62. The average Bonchev–Trinajstić information content (AvgIpc) is 3.04. The van der Waals surface area contributed by atoms with Crippen LogP contribution in [-0.4, -0.2) is 30.1 Å². The van der Waals surface area contributed by atoms with Crippen molar-refractivity contribution in [2.75, 3.05) is 7.11 Å². The topological polar surface area (TPSA) is 77.0 Å². The number of carbonyl (C=O) groups excluding carboxylic acids is 2. The summed E-state index contributed by atoms with van der Waals surface area (Å²) in [5.74, 6) is -0.334. The lowest BCUT2D eigenvalue weighted by Crippen LogP contribution is -2.41. The maximum atomic E-state index is 12.6. The third kappa shape index (κ3) is 3.41. The van der Waals surface area contributed by atoms with Gasteiger partial charge in [-0.1, -0.05) is 35.5 Å². The molecule has 1 aliphatic heterocycles. The molecule has 3 rings (SSSR count). The predicted molar refractivity (Wildman–Crippen MR) is 99.1 cm³/mol. The van der Waals surface area contributed by atoms with Crippen molar-refractivity contribution < 1.29 is 19.2 Å². The number of nitrogens with zero attached hydrogens (tertiary/aromatic N) is 1. The van der Waals surface area contributed by atoms with Crippen LogP contribution < -0.4 is 5.32 Å². The number of hydrogen-bond acceptors (Lipinski definition) is 5. The van der Waals surface area contributed by atoms with Gasteiger partial charge in [0.1, 0.15) is 10.2 Å². The highest BCUT2D eigenvalue weighted by Crippen LogP contribution is 2.41. The number of allylic oxidation sites excluding steroid dienone is 1. The molecule has 0 aromatic heterocycles. The third-order valence-corrected chi connectivity index (χ3v) is 5.18. The second kappa shape index (κ2) is 7.13. The molecule has 2 aliphatic rings. The van der Waals surface area contributed by atoms with E-state index in [1.807, 2.05) is 30.3 Å². The van der Waals surface area contributed by atoms with Crippen molar-refractivity contribution in [3.63, 3.8) is 0 Å². The largest absolute Gasteiger partial charge is 0.494 e. The minimum absolute atomic E-state index is 0.0493. The van der Waals surface area contributed by atoms with Gasteiger partial charge in [-0.2, -0.15) is 0 Å². The first-order valence-corrected chi connectivity index (χ1v) is 9.00. The van der Waals surface area contributed by atoms with E-state index in [-0.39, 0.29) is 28.3 Å². The Morgan fingerprint density at radius 2 is 2.08 bits per heavy atom. The summed E-state index contributed by atoms with van der Waals surface area (Å²) < 4.78 is 5.97. The molecule has 0 radical (unpaired) electrons. The van der Waals surface area contributed by atoms with Crippen LogP contribution in [0.2, 0.25) is 0 Å². The first kappa shape index (κ1) is 17.9. The van der Waals surface area contributed by atoms with Crippen LogP contribution in [0.1, 0.15) is 12.0 Å². The second-order valence-electron chi connectivity index (χ2n) is 5.53. The van der Waals surface area contributed by atoms with Crippen molar-refractivity contribution in [3.05, 3.63) is 56.7 Å². The maximum Gasteiger partial charge on any atom is 0.269 e. The molecular weight excluding hydrogens is 456 g/mol. The molecule has 1 aliphatic carbocycles. The Labute approximate surface area is 161 Å². The molecule has 1 N–H and O–H groups in total. The van der Waals surface area contributed by atoms with E-state index in [0.717, 1.165) is 5.56 Å². The fraction of sp³-hybridized carbons (Fsp3) is 0.235. The number of halogens is 2. The van der Waals surface area contributed by atoms with Crippen molar-refractivity contribution in [2.45, 2.75) is 18.6 Å². The van der Waals surface area contributed by atoms with Crippen molar-refractivity contribution >= 4 is 49.3 Å². The molecule has 0 fully saturated rings. The molecule has 1 atom stereocenters. The van der Waals surface area contributed by atoms with Gasteiger partial charge < -0.3 is 14.9 Å². The summed E-state index contributed by atoms with van der Waals surface area (Å²) in [6.45, 7) is 0.372. The fourth-order valence-electron chi connectivity index (χ4n) is 2.57. The number of oxime groups is 1. The minimum atomic E-state index is -1.33. The van der Waals surface area contributed by atoms with Crippen LogP contribution in [0.5, 0.6) is 0 Å². The number of nitrogens with one attached hydrogen (secondary N) is 1. The summed E-state index contributed by atoms with van der Waals surface area (Å²) in [6, 6.07) is 9.52. The zero-order valence-corrected chi connectivity index (χ0v) is 16.4. The molecule has 0 saturated carbocycles. The highest BCUT2D eigenvalue weighted by atomic mass is 79.9. The first-order valence-electron chi connectivity index (χ1n) is 7.41. The van der Waals surface area contributed by atoms with E-state index in [0.29, 0.717) is 16.8 Å². The molecule has 130 valence electrons.